The van der Waals surface area contributed by atoms with E-state index in [4.69, 9.17) is 10.8 Å². The van der Waals surface area contributed by atoms with Gasteiger partial charge in [0.05, 0.1) is 6.54 Å². The van der Waals surface area contributed by atoms with Crippen molar-refractivity contribution >= 4 is 11.9 Å². The molecule has 0 aromatic carbocycles. The fourth-order valence-corrected chi connectivity index (χ4v) is 0.407. The minimum atomic E-state index is -0.940. The molecule has 0 aliphatic heterocycles. The van der Waals surface area contributed by atoms with Crippen LogP contribution in [0.25, 0.3) is 0 Å². The summed E-state index contributed by atoms with van der Waals surface area (Å²) in [5.41, 5.74) is 4.78. The van der Waals surface area contributed by atoms with Crippen LogP contribution in [-0.4, -0.2) is 30.1 Å². The van der Waals surface area contributed by atoms with Gasteiger partial charge in [0, 0.05) is 13.0 Å². The highest BCUT2D eigenvalue weighted by Gasteiger charge is 1.96. The molecule has 58 valence electrons. The average molecular weight is 146 g/mol. The first-order chi connectivity index (χ1) is 4.63. The lowest BCUT2D eigenvalue weighted by Crippen LogP contribution is -2.26. The molecule has 0 saturated heterocycles. The Morgan fingerprint density at radius 2 is 2.10 bits per heavy atom. The molecule has 0 fully saturated rings. The summed E-state index contributed by atoms with van der Waals surface area (Å²) in [6, 6.07) is 0. The van der Waals surface area contributed by atoms with Crippen molar-refractivity contribution in [2.45, 2.75) is 6.42 Å². The second-order valence-corrected chi connectivity index (χ2v) is 1.79. The number of hydrogen-bond acceptors (Lipinski definition) is 3. The van der Waals surface area contributed by atoms with Crippen molar-refractivity contribution in [2.75, 3.05) is 13.1 Å². The molecule has 0 radical (unpaired) electrons. The van der Waals surface area contributed by atoms with Gasteiger partial charge in [0.25, 0.3) is 0 Å². The van der Waals surface area contributed by atoms with E-state index >= 15 is 0 Å². The van der Waals surface area contributed by atoms with E-state index in [1.54, 1.807) is 0 Å². The van der Waals surface area contributed by atoms with E-state index in [9.17, 15) is 9.59 Å². The van der Waals surface area contributed by atoms with E-state index in [0.29, 0.717) is 6.54 Å². The molecule has 0 aliphatic carbocycles. The van der Waals surface area contributed by atoms with Gasteiger partial charge in [0.2, 0.25) is 5.91 Å². The first kappa shape index (κ1) is 8.90. The van der Waals surface area contributed by atoms with Crippen LogP contribution >= 0.6 is 0 Å². The normalized spacial score (nSPS) is 9.20. The molecule has 4 N–H and O–H groups in total. The summed E-state index contributed by atoms with van der Waals surface area (Å²) in [7, 11) is 0. The molecule has 0 aromatic heterocycles. The van der Waals surface area contributed by atoms with E-state index in [2.05, 4.69) is 5.32 Å². The van der Waals surface area contributed by atoms with Crippen LogP contribution < -0.4 is 11.1 Å². The van der Waals surface area contributed by atoms with E-state index < -0.39 is 11.9 Å². The zero-order chi connectivity index (χ0) is 7.98. The highest BCUT2D eigenvalue weighted by molar-refractivity contribution is 5.74. The molecule has 0 aliphatic rings. The smallest absolute Gasteiger partial charge is 0.317 e. The molecule has 1 amide bonds. The molecule has 0 rings (SSSR count). The van der Waals surface area contributed by atoms with Crippen molar-refractivity contribution in [1.29, 1.82) is 0 Å². The Kier molecular flexibility index (Phi) is 4.23. The fourth-order valence-electron chi connectivity index (χ4n) is 0.407. The second-order valence-electron chi connectivity index (χ2n) is 1.79. The standard InChI is InChI=1S/C5H10N2O3/c6-4(8)1-2-7-3-5(9)10/h7H,1-3H2,(H2,6,8)(H,9,10). The number of carbonyl (C=O) groups excluding carboxylic acids is 1. The van der Waals surface area contributed by atoms with Crippen LogP contribution in [0.15, 0.2) is 0 Å². The number of carboxylic acids is 1. The minimum Gasteiger partial charge on any atom is -0.480 e. The van der Waals surface area contributed by atoms with Gasteiger partial charge in [-0.15, -0.1) is 0 Å². The van der Waals surface area contributed by atoms with Crippen molar-refractivity contribution in [3.63, 3.8) is 0 Å². The van der Waals surface area contributed by atoms with Gasteiger partial charge in [-0.3, -0.25) is 9.59 Å². The third kappa shape index (κ3) is 6.90. The zero-order valence-corrected chi connectivity index (χ0v) is 5.46. The number of carbonyl (C=O) groups is 2. The maximum Gasteiger partial charge on any atom is 0.317 e. The quantitative estimate of drug-likeness (QED) is 0.413. The third-order valence-electron chi connectivity index (χ3n) is 0.824. The number of primary amides is 1. The molecule has 5 nitrogen and oxygen atoms in total. The largest absolute Gasteiger partial charge is 0.480 e. The summed E-state index contributed by atoms with van der Waals surface area (Å²) >= 11 is 0. The van der Waals surface area contributed by atoms with E-state index in [-0.39, 0.29) is 13.0 Å². The number of aliphatic carboxylic acids is 1. The van der Waals surface area contributed by atoms with E-state index in [0.717, 1.165) is 0 Å². The highest BCUT2D eigenvalue weighted by Crippen LogP contribution is 1.71. The van der Waals surface area contributed by atoms with Crippen LogP contribution in [0.4, 0.5) is 0 Å². The summed E-state index contributed by atoms with van der Waals surface area (Å²) in [4.78, 5) is 19.9. The van der Waals surface area contributed by atoms with Gasteiger partial charge in [0.15, 0.2) is 0 Å². The molecular formula is C5H10N2O3. The molecule has 0 spiro atoms. The van der Waals surface area contributed by atoms with Crippen LogP contribution in [0.1, 0.15) is 6.42 Å². The van der Waals surface area contributed by atoms with Gasteiger partial charge in [0.1, 0.15) is 0 Å². The lowest BCUT2D eigenvalue weighted by atomic mass is 10.4. The van der Waals surface area contributed by atoms with Gasteiger partial charge < -0.3 is 16.2 Å². The number of carboxylic acid groups (broad SMARTS) is 1. The lowest BCUT2D eigenvalue weighted by molar-refractivity contribution is -0.136. The fraction of sp³-hybridized carbons (Fsp3) is 0.600. The topological polar surface area (TPSA) is 92.4 Å². The van der Waals surface area contributed by atoms with Crippen molar-refractivity contribution in [2.24, 2.45) is 5.73 Å². The molecule has 0 saturated carbocycles. The maximum absolute atomic E-state index is 10.1. The molecular weight excluding hydrogens is 136 g/mol. The van der Waals surface area contributed by atoms with Gasteiger partial charge >= 0.3 is 5.97 Å². The summed E-state index contributed by atoms with van der Waals surface area (Å²) < 4.78 is 0. The Bertz CT molecular complexity index is 119. The second kappa shape index (κ2) is 4.75. The minimum absolute atomic E-state index is 0.132. The monoisotopic (exact) mass is 146 g/mol. The Hall–Kier alpha value is -1.10. The predicted molar refractivity (Wildman–Crippen MR) is 34.3 cm³/mol. The number of nitrogens with one attached hydrogen (secondary N) is 1. The van der Waals surface area contributed by atoms with Crippen LogP contribution in [0, 0.1) is 0 Å². The van der Waals surface area contributed by atoms with Gasteiger partial charge in [-0.2, -0.15) is 0 Å². The van der Waals surface area contributed by atoms with Gasteiger partial charge in [-0.1, -0.05) is 0 Å². The van der Waals surface area contributed by atoms with Crippen LogP contribution in [0.3, 0.4) is 0 Å². The third-order valence-corrected chi connectivity index (χ3v) is 0.824. The Balaban J connectivity index is 3.06. The number of hydrogen-bond donors (Lipinski definition) is 3. The number of nitrogens with two attached hydrogens (primary N) is 1. The van der Waals surface area contributed by atoms with Crippen molar-refractivity contribution < 1.29 is 14.7 Å². The van der Waals surface area contributed by atoms with Crippen molar-refractivity contribution in [1.82, 2.24) is 5.32 Å². The molecule has 5 heteroatoms. The van der Waals surface area contributed by atoms with Crippen molar-refractivity contribution in [3.05, 3.63) is 0 Å². The summed E-state index contributed by atoms with van der Waals surface area (Å²) in [6.07, 6.45) is 0.174. The summed E-state index contributed by atoms with van der Waals surface area (Å²) in [6.45, 7) is 0.189. The SMILES string of the molecule is NC(=O)CCNCC(=O)O. The van der Waals surface area contributed by atoms with Crippen LogP contribution in [0.5, 0.6) is 0 Å². The highest BCUT2D eigenvalue weighted by atomic mass is 16.4. The molecule has 0 aromatic rings. The summed E-state index contributed by atoms with van der Waals surface area (Å²) in [5, 5.41) is 10.6. The average Bonchev–Trinajstić information content (AvgIpc) is 1.79. The Labute approximate surface area is 58.2 Å². The predicted octanol–water partition coefficient (Wildman–Crippen LogP) is -1.46. The number of rotatable bonds is 5. The van der Waals surface area contributed by atoms with E-state index in [1.807, 2.05) is 0 Å². The van der Waals surface area contributed by atoms with Crippen LogP contribution in [0.2, 0.25) is 0 Å². The van der Waals surface area contributed by atoms with Gasteiger partial charge in [-0.25, -0.2) is 0 Å². The maximum atomic E-state index is 10.1. The Morgan fingerprint density at radius 3 is 2.50 bits per heavy atom. The first-order valence-electron chi connectivity index (χ1n) is 2.83. The van der Waals surface area contributed by atoms with Crippen LogP contribution in [-0.2, 0) is 9.59 Å². The molecule has 0 atom stereocenters. The summed E-state index contributed by atoms with van der Waals surface area (Å²) in [5.74, 6) is -1.37. The Morgan fingerprint density at radius 1 is 1.50 bits per heavy atom. The molecule has 0 bridgehead atoms. The molecule has 0 unspecified atom stereocenters. The molecule has 10 heavy (non-hydrogen) atoms. The first-order valence-corrected chi connectivity index (χ1v) is 2.83. The zero-order valence-electron chi connectivity index (χ0n) is 5.46. The van der Waals surface area contributed by atoms with E-state index in [1.165, 1.54) is 0 Å². The van der Waals surface area contributed by atoms with Crippen molar-refractivity contribution in [3.8, 4) is 0 Å². The molecule has 0 heterocycles. The number of amides is 1. The lowest BCUT2D eigenvalue weighted by Gasteiger charge is -1.96. The van der Waals surface area contributed by atoms with Gasteiger partial charge in [-0.05, 0) is 0 Å².